The molecule has 0 atom stereocenters. The third kappa shape index (κ3) is 5.00. The van der Waals surface area contributed by atoms with Gasteiger partial charge in [0.15, 0.2) is 0 Å². The number of benzene rings is 1. The lowest BCUT2D eigenvalue weighted by Gasteiger charge is -2.34. The molecule has 1 aliphatic rings. The van der Waals surface area contributed by atoms with E-state index in [0.29, 0.717) is 31.9 Å². The second-order valence-corrected chi connectivity index (χ2v) is 6.76. The van der Waals surface area contributed by atoms with Crippen molar-refractivity contribution in [3.63, 3.8) is 0 Å². The summed E-state index contributed by atoms with van der Waals surface area (Å²) in [5.41, 5.74) is 2.53. The lowest BCUT2D eigenvalue weighted by molar-refractivity contribution is -0.130. The summed E-state index contributed by atoms with van der Waals surface area (Å²) in [6.07, 6.45) is 2.57. The Morgan fingerprint density at radius 3 is 2.29 bits per heavy atom. The summed E-state index contributed by atoms with van der Waals surface area (Å²) in [5.74, 6) is 0.812. The van der Waals surface area contributed by atoms with Crippen molar-refractivity contribution in [1.29, 1.82) is 0 Å². The maximum absolute atomic E-state index is 12.6. The normalized spacial score (nSPS) is 13.9. The van der Waals surface area contributed by atoms with E-state index in [4.69, 9.17) is 4.74 Å². The van der Waals surface area contributed by atoms with E-state index in [2.05, 4.69) is 10.3 Å². The van der Waals surface area contributed by atoms with Crippen molar-refractivity contribution in [3.05, 3.63) is 53.9 Å². The van der Waals surface area contributed by atoms with Crippen molar-refractivity contribution in [2.75, 3.05) is 45.2 Å². The molecule has 1 aromatic heterocycles. The van der Waals surface area contributed by atoms with Crippen molar-refractivity contribution in [2.45, 2.75) is 13.3 Å². The molecule has 0 spiro atoms. The van der Waals surface area contributed by atoms with Crippen molar-refractivity contribution < 1.29 is 14.3 Å². The molecule has 2 amide bonds. The number of hydrogen-bond acceptors (Lipinski definition) is 5. The quantitative estimate of drug-likeness (QED) is 0.828. The SMILES string of the molecule is COc1ccc(CCNc2ccc(C(=O)N3CCN(C(C)=O)CC3)nc2)cc1. The Morgan fingerprint density at radius 1 is 1.04 bits per heavy atom. The Hall–Kier alpha value is -3.09. The zero-order chi connectivity index (χ0) is 19.9. The summed E-state index contributed by atoms with van der Waals surface area (Å²) in [6, 6.07) is 11.6. The summed E-state index contributed by atoms with van der Waals surface area (Å²) >= 11 is 0. The van der Waals surface area contributed by atoms with Gasteiger partial charge < -0.3 is 19.9 Å². The minimum atomic E-state index is -0.0898. The molecule has 1 aliphatic heterocycles. The van der Waals surface area contributed by atoms with Crippen LogP contribution in [0.15, 0.2) is 42.6 Å². The van der Waals surface area contributed by atoms with E-state index >= 15 is 0 Å². The number of nitrogens with one attached hydrogen (secondary N) is 1. The molecule has 7 heteroatoms. The molecule has 0 saturated carbocycles. The summed E-state index contributed by atoms with van der Waals surface area (Å²) in [6.45, 7) is 4.57. The number of aromatic nitrogens is 1. The number of pyridine rings is 1. The monoisotopic (exact) mass is 382 g/mol. The van der Waals surface area contributed by atoms with Gasteiger partial charge in [0.25, 0.3) is 5.91 Å². The third-order valence-corrected chi connectivity index (χ3v) is 4.90. The number of piperazine rings is 1. The predicted octanol–water partition coefficient (Wildman–Crippen LogP) is 2.05. The molecule has 7 nitrogen and oxygen atoms in total. The number of rotatable bonds is 6. The number of methoxy groups -OCH3 is 1. The first-order chi connectivity index (χ1) is 13.6. The minimum absolute atomic E-state index is 0.0512. The van der Waals surface area contributed by atoms with Gasteiger partial charge in [-0.15, -0.1) is 0 Å². The van der Waals surface area contributed by atoms with Crippen molar-refractivity contribution in [2.24, 2.45) is 0 Å². The molecular weight excluding hydrogens is 356 g/mol. The van der Waals surface area contributed by atoms with Gasteiger partial charge in [-0.05, 0) is 36.2 Å². The first kappa shape index (κ1) is 19.7. The third-order valence-electron chi connectivity index (χ3n) is 4.90. The van der Waals surface area contributed by atoms with Crippen molar-refractivity contribution >= 4 is 17.5 Å². The molecule has 1 fully saturated rings. The van der Waals surface area contributed by atoms with E-state index < -0.39 is 0 Å². The highest BCUT2D eigenvalue weighted by molar-refractivity contribution is 5.92. The van der Waals surface area contributed by atoms with Crippen LogP contribution < -0.4 is 10.1 Å². The van der Waals surface area contributed by atoms with Crippen LogP contribution in [-0.4, -0.2) is 66.4 Å². The maximum atomic E-state index is 12.6. The zero-order valence-electron chi connectivity index (χ0n) is 16.4. The van der Waals surface area contributed by atoms with Gasteiger partial charge >= 0.3 is 0 Å². The average molecular weight is 382 g/mol. The van der Waals surface area contributed by atoms with Crippen molar-refractivity contribution in [3.8, 4) is 5.75 Å². The molecule has 0 aliphatic carbocycles. The van der Waals surface area contributed by atoms with Gasteiger partial charge in [-0.25, -0.2) is 4.98 Å². The van der Waals surface area contributed by atoms with E-state index in [1.54, 1.807) is 36.1 Å². The van der Waals surface area contributed by atoms with Gasteiger partial charge in [0.2, 0.25) is 5.91 Å². The van der Waals surface area contributed by atoms with Gasteiger partial charge in [-0.1, -0.05) is 12.1 Å². The van der Waals surface area contributed by atoms with Crippen LogP contribution >= 0.6 is 0 Å². The van der Waals surface area contributed by atoms with Crippen LogP contribution in [0.1, 0.15) is 23.0 Å². The smallest absolute Gasteiger partial charge is 0.272 e. The molecule has 2 heterocycles. The molecule has 148 valence electrons. The number of hydrogen-bond donors (Lipinski definition) is 1. The number of nitrogens with zero attached hydrogens (tertiary/aromatic N) is 3. The standard InChI is InChI=1S/C21H26N4O3/c1-16(26)24-11-13-25(14-12-24)21(27)20-8-5-18(15-23-20)22-10-9-17-3-6-19(28-2)7-4-17/h3-8,15,22H,9-14H2,1-2H3. The molecule has 28 heavy (non-hydrogen) atoms. The zero-order valence-corrected chi connectivity index (χ0v) is 16.4. The minimum Gasteiger partial charge on any atom is -0.497 e. The van der Waals surface area contributed by atoms with Gasteiger partial charge in [-0.2, -0.15) is 0 Å². The fourth-order valence-electron chi connectivity index (χ4n) is 3.15. The average Bonchev–Trinajstić information content (AvgIpc) is 2.74. The Morgan fingerprint density at radius 2 is 1.71 bits per heavy atom. The fraction of sp³-hybridized carbons (Fsp3) is 0.381. The molecule has 0 radical (unpaired) electrons. The fourth-order valence-corrected chi connectivity index (χ4v) is 3.15. The molecule has 1 saturated heterocycles. The number of amides is 2. The molecule has 0 bridgehead atoms. The lowest BCUT2D eigenvalue weighted by atomic mass is 10.1. The van der Waals surface area contributed by atoms with Crippen LogP contribution in [0.3, 0.4) is 0 Å². The Kier molecular flexibility index (Phi) is 6.47. The van der Waals surface area contributed by atoms with Crippen LogP contribution in [0.4, 0.5) is 5.69 Å². The summed E-state index contributed by atoms with van der Waals surface area (Å²) < 4.78 is 5.16. The van der Waals surface area contributed by atoms with Gasteiger partial charge in [0.05, 0.1) is 19.0 Å². The molecular formula is C21H26N4O3. The molecule has 3 rings (SSSR count). The molecule has 2 aromatic rings. The summed E-state index contributed by atoms with van der Waals surface area (Å²) in [7, 11) is 1.66. The van der Waals surface area contributed by atoms with E-state index in [1.807, 2.05) is 30.3 Å². The van der Waals surface area contributed by atoms with E-state index in [1.165, 1.54) is 5.56 Å². The molecule has 1 aromatic carbocycles. The Balaban J connectivity index is 1.47. The van der Waals surface area contributed by atoms with Crippen LogP contribution in [-0.2, 0) is 11.2 Å². The first-order valence-corrected chi connectivity index (χ1v) is 9.44. The van der Waals surface area contributed by atoms with Gasteiger partial charge in [0, 0.05) is 39.6 Å². The number of carbonyl (C=O) groups excluding carboxylic acids is 2. The number of carbonyl (C=O) groups is 2. The van der Waals surface area contributed by atoms with Gasteiger partial charge in [0.1, 0.15) is 11.4 Å². The Labute approximate surface area is 165 Å². The second kappa shape index (κ2) is 9.21. The second-order valence-electron chi connectivity index (χ2n) is 6.76. The first-order valence-electron chi connectivity index (χ1n) is 9.44. The molecule has 1 N–H and O–H groups in total. The van der Waals surface area contributed by atoms with E-state index in [9.17, 15) is 9.59 Å². The highest BCUT2D eigenvalue weighted by atomic mass is 16.5. The summed E-state index contributed by atoms with van der Waals surface area (Å²) in [4.78, 5) is 31.8. The highest BCUT2D eigenvalue weighted by Gasteiger charge is 2.23. The summed E-state index contributed by atoms with van der Waals surface area (Å²) in [5, 5.41) is 3.32. The van der Waals surface area contributed by atoms with E-state index in [0.717, 1.165) is 24.4 Å². The maximum Gasteiger partial charge on any atom is 0.272 e. The number of ether oxygens (including phenoxy) is 1. The molecule has 0 unspecified atom stereocenters. The topological polar surface area (TPSA) is 74.8 Å². The number of anilines is 1. The lowest BCUT2D eigenvalue weighted by Crippen LogP contribution is -2.50. The predicted molar refractivity (Wildman–Crippen MR) is 108 cm³/mol. The van der Waals surface area contributed by atoms with Crippen LogP contribution in [0.25, 0.3) is 0 Å². The van der Waals surface area contributed by atoms with Crippen LogP contribution in [0.2, 0.25) is 0 Å². The van der Waals surface area contributed by atoms with Crippen LogP contribution in [0, 0.1) is 0 Å². The van der Waals surface area contributed by atoms with Crippen molar-refractivity contribution in [1.82, 2.24) is 14.8 Å². The van der Waals surface area contributed by atoms with E-state index in [-0.39, 0.29) is 11.8 Å². The van der Waals surface area contributed by atoms with Gasteiger partial charge in [-0.3, -0.25) is 9.59 Å². The van der Waals surface area contributed by atoms with Crippen LogP contribution in [0.5, 0.6) is 5.75 Å². The largest absolute Gasteiger partial charge is 0.497 e. The highest BCUT2D eigenvalue weighted by Crippen LogP contribution is 2.13. The Bertz CT molecular complexity index is 797.